The summed E-state index contributed by atoms with van der Waals surface area (Å²) < 4.78 is 2.07. The number of halogens is 1. The zero-order valence-electron chi connectivity index (χ0n) is 13.7. The predicted octanol–water partition coefficient (Wildman–Crippen LogP) is 3.93. The van der Waals surface area contributed by atoms with Gasteiger partial charge in [0.1, 0.15) is 0 Å². The average molecular weight is 300 g/mol. The van der Waals surface area contributed by atoms with Crippen LogP contribution >= 0.6 is 11.6 Å². The van der Waals surface area contributed by atoms with Gasteiger partial charge in [-0.1, -0.05) is 39.3 Å². The van der Waals surface area contributed by atoms with E-state index in [1.165, 1.54) is 12.1 Å². The van der Waals surface area contributed by atoms with Gasteiger partial charge in [-0.2, -0.15) is 5.10 Å². The highest BCUT2D eigenvalue weighted by Crippen LogP contribution is 2.24. The Labute approximate surface area is 129 Å². The first kappa shape index (κ1) is 17.5. The molecule has 4 heteroatoms. The van der Waals surface area contributed by atoms with Crippen LogP contribution in [0.4, 0.5) is 0 Å². The van der Waals surface area contributed by atoms with Crippen molar-refractivity contribution in [1.29, 1.82) is 0 Å². The molecule has 1 aromatic heterocycles. The summed E-state index contributed by atoms with van der Waals surface area (Å²) in [6.07, 6.45) is 3.10. The lowest BCUT2D eigenvalue weighted by atomic mass is 10.0. The van der Waals surface area contributed by atoms with Crippen LogP contribution < -0.4 is 5.32 Å². The Balaban J connectivity index is 2.52. The lowest BCUT2D eigenvalue weighted by Gasteiger charge is -2.14. The van der Waals surface area contributed by atoms with Crippen molar-refractivity contribution in [3.8, 4) is 0 Å². The molecule has 20 heavy (non-hydrogen) atoms. The molecular weight excluding hydrogens is 270 g/mol. The topological polar surface area (TPSA) is 29.9 Å². The predicted molar refractivity (Wildman–Crippen MR) is 87.5 cm³/mol. The van der Waals surface area contributed by atoms with Gasteiger partial charge in [-0.05, 0) is 51.1 Å². The van der Waals surface area contributed by atoms with E-state index in [0.29, 0.717) is 11.8 Å². The molecule has 0 spiro atoms. The fourth-order valence-corrected chi connectivity index (χ4v) is 2.73. The van der Waals surface area contributed by atoms with Crippen molar-refractivity contribution in [3.05, 3.63) is 16.4 Å². The molecule has 0 aliphatic heterocycles. The molecule has 1 rings (SSSR count). The molecule has 0 aliphatic rings. The van der Waals surface area contributed by atoms with Crippen molar-refractivity contribution in [1.82, 2.24) is 15.1 Å². The number of nitrogens with one attached hydrogen (secondary N) is 1. The van der Waals surface area contributed by atoms with Crippen LogP contribution in [0.5, 0.6) is 0 Å². The van der Waals surface area contributed by atoms with E-state index in [2.05, 4.69) is 49.7 Å². The molecule has 0 amide bonds. The average Bonchev–Trinajstić information content (AvgIpc) is 2.71. The quantitative estimate of drug-likeness (QED) is 0.700. The second-order valence-corrected chi connectivity index (χ2v) is 6.45. The van der Waals surface area contributed by atoms with Crippen LogP contribution in [0.2, 0.25) is 5.02 Å². The van der Waals surface area contributed by atoms with Crippen molar-refractivity contribution >= 4 is 11.6 Å². The molecule has 116 valence electrons. The van der Waals surface area contributed by atoms with E-state index < -0.39 is 0 Å². The van der Waals surface area contributed by atoms with Crippen molar-refractivity contribution in [3.63, 3.8) is 0 Å². The van der Waals surface area contributed by atoms with Gasteiger partial charge in [0.25, 0.3) is 0 Å². The van der Waals surface area contributed by atoms with E-state index in [0.717, 1.165) is 43.2 Å². The number of nitrogens with zero attached hydrogens (tertiary/aromatic N) is 2. The molecule has 0 saturated heterocycles. The first-order valence-corrected chi connectivity index (χ1v) is 8.32. The second-order valence-electron chi connectivity index (χ2n) is 6.07. The number of hydrogen-bond acceptors (Lipinski definition) is 2. The molecule has 1 aromatic rings. The monoisotopic (exact) mass is 299 g/mol. The molecule has 0 aliphatic carbocycles. The van der Waals surface area contributed by atoms with Crippen LogP contribution in [-0.2, 0) is 19.4 Å². The number of hydrogen-bond donors (Lipinski definition) is 1. The number of rotatable bonds is 9. The molecule has 0 radical (unpaired) electrons. The van der Waals surface area contributed by atoms with Crippen LogP contribution in [-0.4, -0.2) is 22.9 Å². The first-order chi connectivity index (χ1) is 9.49. The highest BCUT2D eigenvalue weighted by molar-refractivity contribution is 6.31. The summed E-state index contributed by atoms with van der Waals surface area (Å²) in [6.45, 7) is 14.1. The van der Waals surface area contributed by atoms with Gasteiger partial charge in [0, 0.05) is 6.54 Å². The van der Waals surface area contributed by atoms with Crippen LogP contribution in [0.15, 0.2) is 0 Å². The Morgan fingerprint density at radius 3 is 2.50 bits per heavy atom. The molecular formula is C16H30ClN3. The van der Waals surface area contributed by atoms with E-state index in [-0.39, 0.29) is 0 Å². The summed E-state index contributed by atoms with van der Waals surface area (Å²) >= 11 is 6.46. The zero-order chi connectivity index (χ0) is 15.1. The summed E-state index contributed by atoms with van der Waals surface area (Å²) in [5, 5.41) is 8.98. The number of aryl methyl sites for hydroxylation is 2. The molecule has 3 nitrogen and oxygen atoms in total. The van der Waals surface area contributed by atoms with Crippen LogP contribution in [0.25, 0.3) is 0 Å². The zero-order valence-corrected chi connectivity index (χ0v) is 14.4. The highest BCUT2D eigenvalue weighted by atomic mass is 35.5. The van der Waals surface area contributed by atoms with Gasteiger partial charge in [-0.3, -0.25) is 4.68 Å². The Bertz CT molecular complexity index is 399. The van der Waals surface area contributed by atoms with Crippen LogP contribution in [0.1, 0.15) is 52.4 Å². The molecule has 1 heterocycles. The molecule has 1 unspecified atom stereocenters. The number of aromatic nitrogens is 2. The van der Waals surface area contributed by atoms with Gasteiger partial charge in [-0.25, -0.2) is 0 Å². The Hall–Kier alpha value is -0.540. The SMILES string of the molecule is CCc1nn(CC)c(CC(C)CCNCC(C)C)c1Cl. The lowest BCUT2D eigenvalue weighted by Crippen LogP contribution is -2.22. The molecule has 0 saturated carbocycles. The first-order valence-electron chi connectivity index (χ1n) is 7.94. The van der Waals surface area contributed by atoms with E-state index in [4.69, 9.17) is 11.6 Å². The third-order valence-corrected chi connectivity index (χ3v) is 4.04. The largest absolute Gasteiger partial charge is 0.316 e. The van der Waals surface area contributed by atoms with Crippen LogP contribution in [0, 0.1) is 11.8 Å². The minimum atomic E-state index is 0.624. The van der Waals surface area contributed by atoms with Gasteiger partial charge in [0.05, 0.1) is 16.4 Å². The molecule has 1 atom stereocenters. The van der Waals surface area contributed by atoms with Gasteiger partial charge in [0.2, 0.25) is 0 Å². The maximum atomic E-state index is 6.46. The summed E-state index contributed by atoms with van der Waals surface area (Å²) in [6, 6.07) is 0. The summed E-state index contributed by atoms with van der Waals surface area (Å²) in [5.74, 6) is 1.34. The van der Waals surface area contributed by atoms with Crippen molar-refractivity contribution in [2.45, 2.75) is 60.4 Å². The minimum Gasteiger partial charge on any atom is -0.316 e. The summed E-state index contributed by atoms with van der Waals surface area (Å²) in [5.41, 5.74) is 2.25. The van der Waals surface area contributed by atoms with E-state index in [1.54, 1.807) is 0 Å². The fraction of sp³-hybridized carbons (Fsp3) is 0.812. The Kier molecular flexibility index (Phi) is 7.60. The molecule has 0 fully saturated rings. The maximum absolute atomic E-state index is 6.46. The third kappa shape index (κ3) is 5.10. The van der Waals surface area contributed by atoms with Crippen molar-refractivity contribution in [2.24, 2.45) is 11.8 Å². The summed E-state index contributed by atoms with van der Waals surface area (Å²) in [7, 11) is 0. The smallest absolute Gasteiger partial charge is 0.0849 e. The van der Waals surface area contributed by atoms with Crippen molar-refractivity contribution in [2.75, 3.05) is 13.1 Å². The minimum absolute atomic E-state index is 0.624. The summed E-state index contributed by atoms with van der Waals surface area (Å²) in [4.78, 5) is 0. The normalized spacial score (nSPS) is 13.2. The van der Waals surface area contributed by atoms with Gasteiger partial charge < -0.3 is 5.32 Å². The van der Waals surface area contributed by atoms with Gasteiger partial charge in [-0.15, -0.1) is 0 Å². The lowest BCUT2D eigenvalue weighted by molar-refractivity contribution is 0.460. The fourth-order valence-electron chi connectivity index (χ4n) is 2.38. The molecule has 0 bridgehead atoms. The van der Waals surface area contributed by atoms with E-state index in [1.807, 2.05) is 0 Å². The Morgan fingerprint density at radius 2 is 1.95 bits per heavy atom. The van der Waals surface area contributed by atoms with E-state index in [9.17, 15) is 0 Å². The van der Waals surface area contributed by atoms with Crippen LogP contribution in [0.3, 0.4) is 0 Å². The third-order valence-electron chi connectivity index (χ3n) is 3.60. The van der Waals surface area contributed by atoms with Crippen molar-refractivity contribution < 1.29 is 0 Å². The molecule has 1 N–H and O–H groups in total. The Morgan fingerprint density at radius 1 is 1.25 bits per heavy atom. The second kappa shape index (κ2) is 8.68. The molecule has 0 aromatic carbocycles. The standard InChI is InChI=1S/C16H30ClN3/c1-6-14-16(17)15(20(7-2)19-14)10-13(5)8-9-18-11-12(3)4/h12-13,18H,6-11H2,1-5H3. The van der Waals surface area contributed by atoms with Gasteiger partial charge in [0.15, 0.2) is 0 Å². The highest BCUT2D eigenvalue weighted by Gasteiger charge is 2.16. The van der Waals surface area contributed by atoms with E-state index >= 15 is 0 Å². The van der Waals surface area contributed by atoms with Gasteiger partial charge >= 0.3 is 0 Å². The maximum Gasteiger partial charge on any atom is 0.0849 e.